The lowest BCUT2D eigenvalue weighted by Gasteiger charge is -2.24. The van der Waals surface area contributed by atoms with Crippen molar-refractivity contribution in [2.24, 2.45) is 0 Å². The topological polar surface area (TPSA) is 29.1 Å². The molecule has 2 aromatic carbocycles. The van der Waals surface area contributed by atoms with Crippen molar-refractivity contribution in [3.05, 3.63) is 69.7 Å². The number of halogens is 6. The molecule has 2 nitrogen and oxygen atoms in total. The van der Waals surface area contributed by atoms with Gasteiger partial charge in [0.05, 0.1) is 16.0 Å². The number of hydrogen-bond acceptors (Lipinski definition) is 1. The number of rotatable bonds is 4. The zero-order valence-corrected chi connectivity index (χ0v) is 14.6. The second kappa shape index (κ2) is 7.23. The highest BCUT2D eigenvalue weighted by molar-refractivity contribution is 6.30. The standard InChI is InChI=1S/C18H15ClF5NO/c1-17(2,11-3-5-13(19)15(21)8-11)16(26)25-9-10-7-12(18(22,23)24)4-6-14(10)20/h3-8H,9H2,1-2H3,(H,25,26). The van der Waals surface area contributed by atoms with Crippen LogP contribution >= 0.6 is 11.6 Å². The van der Waals surface area contributed by atoms with Gasteiger partial charge in [-0.25, -0.2) is 8.78 Å². The van der Waals surface area contributed by atoms with E-state index in [0.29, 0.717) is 23.8 Å². The van der Waals surface area contributed by atoms with Crippen LogP contribution in [0.1, 0.15) is 30.5 Å². The molecule has 0 heterocycles. The van der Waals surface area contributed by atoms with E-state index in [9.17, 15) is 26.7 Å². The molecule has 0 aliphatic heterocycles. The first-order chi connectivity index (χ1) is 11.9. The van der Waals surface area contributed by atoms with Crippen LogP contribution in [0.4, 0.5) is 22.0 Å². The van der Waals surface area contributed by atoms with Crippen LogP contribution in [0.5, 0.6) is 0 Å². The predicted octanol–water partition coefficient (Wildman–Crippen LogP) is 5.23. The van der Waals surface area contributed by atoms with E-state index in [4.69, 9.17) is 11.6 Å². The van der Waals surface area contributed by atoms with Gasteiger partial charge < -0.3 is 5.32 Å². The van der Waals surface area contributed by atoms with E-state index in [-0.39, 0.29) is 10.6 Å². The van der Waals surface area contributed by atoms with E-state index in [2.05, 4.69) is 5.32 Å². The van der Waals surface area contributed by atoms with E-state index in [0.717, 1.165) is 6.07 Å². The molecule has 1 amide bonds. The molecular weight excluding hydrogens is 377 g/mol. The van der Waals surface area contributed by atoms with Crippen molar-refractivity contribution >= 4 is 17.5 Å². The lowest BCUT2D eigenvalue weighted by Crippen LogP contribution is -2.40. The maximum absolute atomic E-state index is 13.7. The summed E-state index contributed by atoms with van der Waals surface area (Å²) in [6.07, 6.45) is -4.62. The molecule has 0 unspecified atom stereocenters. The summed E-state index contributed by atoms with van der Waals surface area (Å²) in [7, 11) is 0. The molecule has 1 N–H and O–H groups in total. The van der Waals surface area contributed by atoms with Gasteiger partial charge in [0.2, 0.25) is 5.91 Å². The fraction of sp³-hybridized carbons (Fsp3) is 0.278. The minimum Gasteiger partial charge on any atom is -0.351 e. The third-order valence-corrected chi connectivity index (χ3v) is 4.33. The molecule has 0 spiro atoms. The SMILES string of the molecule is CC(C)(C(=O)NCc1cc(C(F)(F)F)ccc1F)c1ccc(Cl)c(F)c1. The second-order valence-corrected chi connectivity index (χ2v) is 6.65. The molecule has 8 heteroatoms. The van der Waals surface area contributed by atoms with Crippen LogP contribution in [0.25, 0.3) is 0 Å². The molecule has 0 saturated carbocycles. The molecule has 0 aromatic heterocycles. The Balaban J connectivity index is 2.18. The van der Waals surface area contributed by atoms with E-state index in [1.54, 1.807) is 0 Å². The minimum absolute atomic E-state index is 0.101. The Bertz CT molecular complexity index is 833. The predicted molar refractivity (Wildman–Crippen MR) is 87.7 cm³/mol. The first-order valence-electron chi connectivity index (χ1n) is 7.52. The van der Waals surface area contributed by atoms with Crippen LogP contribution in [0, 0.1) is 11.6 Å². The summed E-state index contributed by atoms with van der Waals surface area (Å²) < 4.78 is 65.5. The Hall–Kier alpha value is -2.15. The van der Waals surface area contributed by atoms with Crippen LogP contribution < -0.4 is 5.32 Å². The van der Waals surface area contributed by atoms with Crippen LogP contribution in [0.15, 0.2) is 36.4 Å². The third-order valence-electron chi connectivity index (χ3n) is 4.02. The van der Waals surface area contributed by atoms with Crippen LogP contribution in [-0.4, -0.2) is 5.91 Å². The Kier molecular flexibility index (Phi) is 5.61. The Morgan fingerprint density at radius 3 is 2.19 bits per heavy atom. The lowest BCUT2D eigenvalue weighted by molar-refractivity contribution is -0.137. The highest BCUT2D eigenvalue weighted by Gasteiger charge is 2.32. The van der Waals surface area contributed by atoms with Crippen molar-refractivity contribution in [2.75, 3.05) is 0 Å². The van der Waals surface area contributed by atoms with Crippen molar-refractivity contribution in [1.82, 2.24) is 5.32 Å². The van der Waals surface area contributed by atoms with Crippen molar-refractivity contribution in [1.29, 1.82) is 0 Å². The maximum Gasteiger partial charge on any atom is 0.416 e. The van der Waals surface area contributed by atoms with Gasteiger partial charge in [-0.2, -0.15) is 13.2 Å². The average molecular weight is 392 g/mol. The van der Waals surface area contributed by atoms with E-state index < -0.39 is 41.2 Å². The summed E-state index contributed by atoms with van der Waals surface area (Å²) >= 11 is 5.61. The second-order valence-electron chi connectivity index (χ2n) is 6.24. The number of carbonyl (C=O) groups excluding carboxylic acids is 1. The van der Waals surface area contributed by atoms with Gasteiger partial charge in [-0.15, -0.1) is 0 Å². The first-order valence-corrected chi connectivity index (χ1v) is 7.90. The molecule has 0 aliphatic carbocycles. The number of alkyl halides is 3. The Morgan fingerprint density at radius 2 is 1.62 bits per heavy atom. The average Bonchev–Trinajstić information content (AvgIpc) is 2.55. The molecule has 2 aromatic rings. The van der Waals surface area contributed by atoms with Crippen molar-refractivity contribution < 1.29 is 26.7 Å². The highest BCUT2D eigenvalue weighted by atomic mass is 35.5. The molecule has 0 atom stereocenters. The fourth-order valence-corrected chi connectivity index (χ4v) is 2.42. The maximum atomic E-state index is 13.7. The zero-order valence-electron chi connectivity index (χ0n) is 13.8. The number of carbonyl (C=O) groups is 1. The molecular formula is C18H15ClF5NO. The molecule has 2 rings (SSSR count). The summed E-state index contributed by atoms with van der Waals surface area (Å²) in [6.45, 7) is 2.58. The molecule has 26 heavy (non-hydrogen) atoms. The molecule has 0 radical (unpaired) electrons. The molecule has 0 bridgehead atoms. The monoisotopic (exact) mass is 391 g/mol. The summed E-state index contributed by atoms with van der Waals surface area (Å²) in [5.41, 5.74) is -2.20. The highest BCUT2D eigenvalue weighted by Crippen LogP contribution is 2.31. The Morgan fingerprint density at radius 1 is 1.00 bits per heavy atom. The van der Waals surface area contributed by atoms with E-state index >= 15 is 0 Å². The van der Waals surface area contributed by atoms with Gasteiger partial charge in [0, 0.05) is 12.1 Å². The lowest BCUT2D eigenvalue weighted by atomic mass is 9.83. The smallest absolute Gasteiger partial charge is 0.351 e. The quantitative estimate of drug-likeness (QED) is 0.710. The number of hydrogen-bond donors (Lipinski definition) is 1. The van der Waals surface area contributed by atoms with Gasteiger partial charge in [0.15, 0.2) is 0 Å². The zero-order chi connectivity index (χ0) is 19.7. The van der Waals surface area contributed by atoms with Crippen molar-refractivity contribution in [3.8, 4) is 0 Å². The van der Waals surface area contributed by atoms with Gasteiger partial charge in [-0.3, -0.25) is 4.79 Å². The first kappa shape index (κ1) is 20.2. The van der Waals surface area contributed by atoms with Gasteiger partial charge >= 0.3 is 6.18 Å². The van der Waals surface area contributed by atoms with Gasteiger partial charge in [-0.1, -0.05) is 17.7 Å². The van der Waals surface area contributed by atoms with Gasteiger partial charge in [0.1, 0.15) is 11.6 Å². The van der Waals surface area contributed by atoms with Crippen molar-refractivity contribution in [3.63, 3.8) is 0 Å². The normalized spacial score (nSPS) is 12.2. The third kappa shape index (κ3) is 4.33. The van der Waals surface area contributed by atoms with Crippen LogP contribution in [0.2, 0.25) is 5.02 Å². The number of nitrogens with one attached hydrogen (secondary N) is 1. The Labute approximate surface area is 152 Å². The largest absolute Gasteiger partial charge is 0.416 e. The molecule has 0 fully saturated rings. The molecule has 140 valence electrons. The fourth-order valence-electron chi connectivity index (χ4n) is 2.30. The summed E-state index contributed by atoms with van der Waals surface area (Å²) in [6, 6.07) is 5.84. The van der Waals surface area contributed by atoms with Gasteiger partial charge in [-0.05, 0) is 49.7 Å². The summed E-state index contributed by atoms with van der Waals surface area (Å²) in [5.74, 6) is -2.17. The van der Waals surface area contributed by atoms with Gasteiger partial charge in [0.25, 0.3) is 0 Å². The summed E-state index contributed by atoms with van der Waals surface area (Å²) in [4.78, 5) is 12.4. The molecule has 0 saturated heterocycles. The van der Waals surface area contributed by atoms with E-state index in [1.165, 1.54) is 26.0 Å². The summed E-state index contributed by atoms with van der Waals surface area (Å²) in [5, 5.41) is 2.29. The van der Waals surface area contributed by atoms with Crippen LogP contribution in [-0.2, 0) is 22.9 Å². The van der Waals surface area contributed by atoms with Crippen LogP contribution in [0.3, 0.4) is 0 Å². The van der Waals surface area contributed by atoms with Crippen molar-refractivity contribution in [2.45, 2.75) is 32.0 Å². The number of amides is 1. The number of benzene rings is 2. The molecule has 0 aliphatic rings. The minimum atomic E-state index is -4.62. The van der Waals surface area contributed by atoms with E-state index in [1.807, 2.05) is 0 Å².